The van der Waals surface area contributed by atoms with Gasteiger partial charge in [-0.1, -0.05) is 26.7 Å². The molecule has 0 radical (unpaired) electrons. The third-order valence-corrected chi connectivity index (χ3v) is 10.4. The van der Waals surface area contributed by atoms with Crippen LogP contribution < -0.4 is 21.3 Å². The van der Waals surface area contributed by atoms with Crippen molar-refractivity contribution in [1.82, 2.24) is 21.3 Å². The van der Waals surface area contributed by atoms with E-state index in [2.05, 4.69) is 28.2 Å². The van der Waals surface area contributed by atoms with E-state index in [0.29, 0.717) is 12.3 Å². The van der Waals surface area contributed by atoms with Crippen molar-refractivity contribution in [2.24, 2.45) is 17.8 Å². The standard InChI is InChI=1S/C33H58N4O7/c1-20-9-7-8-10-25(20)36-32(42)34-23-12-14-24(15-13-23)37-33(3,4)29(38)17-21(2)31(41)35-26(19-30(39)40)22-11-16-27(43-5)28(18-22)44-6/h20-28,37H,7-19H2,1-6H3,(H,35,41)(H,39,40)(H2,34,36,42)/t20?,21?,22?,23?,24?,25?,26-,27?,28?/m0/s1. The average Bonchev–Trinajstić information content (AvgIpc) is 2.98. The molecule has 5 N–H and O–H groups in total. The quantitative estimate of drug-likeness (QED) is 0.195. The molecule has 0 aromatic rings. The molecule has 11 heteroatoms. The predicted molar refractivity (Wildman–Crippen MR) is 168 cm³/mol. The summed E-state index contributed by atoms with van der Waals surface area (Å²) in [5, 5.41) is 22.3. The Morgan fingerprint density at radius 2 is 1.48 bits per heavy atom. The first-order valence-corrected chi connectivity index (χ1v) is 16.8. The topological polar surface area (TPSA) is 155 Å². The predicted octanol–water partition coefficient (Wildman–Crippen LogP) is 3.93. The Hall–Kier alpha value is -2.24. The number of methoxy groups -OCH3 is 2. The van der Waals surface area contributed by atoms with Crippen molar-refractivity contribution >= 4 is 23.7 Å². The molecule has 0 spiro atoms. The molecule has 252 valence electrons. The zero-order chi connectivity index (χ0) is 32.4. The number of aliphatic carboxylic acids is 1. The molecule has 3 rings (SSSR count). The number of carboxylic acid groups (broad SMARTS) is 1. The Morgan fingerprint density at radius 1 is 0.841 bits per heavy atom. The first-order chi connectivity index (χ1) is 20.8. The van der Waals surface area contributed by atoms with Crippen LogP contribution in [0.1, 0.15) is 111 Å². The van der Waals surface area contributed by atoms with E-state index >= 15 is 0 Å². The van der Waals surface area contributed by atoms with Crippen LogP contribution in [0, 0.1) is 17.8 Å². The highest BCUT2D eigenvalue weighted by Crippen LogP contribution is 2.32. The zero-order valence-electron chi connectivity index (χ0n) is 27.8. The SMILES string of the molecule is COC1CCC([C@H](CC(=O)O)NC(=O)C(C)CC(=O)C(C)(C)NC2CCC(NC(=O)NC3CCCCC3C)CC2)CC1OC. The molecule has 0 aromatic heterocycles. The molecule has 0 aliphatic heterocycles. The van der Waals surface area contributed by atoms with Crippen LogP contribution in [0.15, 0.2) is 0 Å². The van der Waals surface area contributed by atoms with Gasteiger partial charge in [-0.25, -0.2) is 4.79 Å². The third kappa shape index (κ3) is 10.7. The van der Waals surface area contributed by atoms with Gasteiger partial charge >= 0.3 is 12.0 Å². The van der Waals surface area contributed by atoms with Gasteiger partial charge in [0.15, 0.2) is 5.78 Å². The van der Waals surface area contributed by atoms with E-state index in [4.69, 9.17) is 9.47 Å². The minimum absolute atomic E-state index is 0.0512. The van der Waals surface area contributed by atoms with Crippen LogP contribution in [0.25, 0.3) is 0 Å². The van der Waals surface area contributed by atoms with Crippen molar-refractivity contribution in [2.45, 2.75) is 153 Å². The molecule has 3 saturated carbocycles. The Balaban J connectivity index is 1.45. The Morgan fingerprint density at radius 3 is 2.09 bits per heavy atom. The van der Waals surface area contributed by atoms with E-state index in [-0.39, 0.29) is 66.8 Å². The molecule has 44 heavy (non-hydrogen) atoms. The van der Waals surface area contributed by atoms with Crippen LogP contribution in [0.4, 0.5) is 4.79 Å². The maximum atomic E-state index is 13.4. The van der Waals surface area contributed by atoms with Crippen molar-refractivity contribution in [3.8, 4) is 0 Å². The molecule has 3 aliphatic rings. The van der Waals surface area contributed by atoms with E-state index < -0.39 is 23.5 Å². The summed E-state index contributed by atoms with van der Waals surface area (Å²) < 4.78 is 11.1. The molecule has 0 aromatic carbocycles. The Labute approximate surface area is 263 Å². The Bertz CT molecular complexity index is 968. The lowest BCUT2D eigenvalue weighted by Gasteiger charge is -2.38. The molecule has 11 nitrogen and oxygen atoms in total. The maximum absolute atomic E-state index is 13.4. The number of carbonyl (C=O) groups is 4. The number of carbonyl (C=O) groups excluding carboxylic acids is 3. The number of hydrogen-bond acceptors (Lipinski definition) is 7. The van der Waals surface area contributed by atoms with Gasteiger partial charge in [0.05, 0.1) is 24.2 Å². The molecule has 6 unspecified atom stereocenters. The highest BCUT2D eigenvalue weighted by atomic mass is 16.5. The summed E-state index contributed by atoms with van der Waals surface area (Å²) in [5.74, 6) is -1.49. The van der Waals surface area contributed by atoms with Gasteiger partial charge in [-0.2, -0.15) is 0 Å². The monoisotopic (exact) mass is 622 g/mol. The lowest BCUT2D eigenvalue weighted by molar-refractivity contribution is -0.139. The third-order valence-electron chi connectivity index (χ3n) is 10.4. The summed E-state index contributed by atoms with van der Waals surface area (Å²) in [5.41, 5.74) is -0.821. The van der Waals surface area contributed by atoms with Crippen LogP contribution in [0.5, 0.6) is 0 Å². The molecule has 0 bridgehead atoms. The van der Waals surface area contributed by atoms with Crippen LogP contribution >= 0.6 is 0 Å². The minimum Gasteiger partial charge on any atom is -0.481 e. The van der Waals surface area contributed by atoms with Gasteiger partial charge in [0, 0.05) is 50.7 Å². The number of amides is 3. The molecule has 3 fully saturated rings. The summed E-state index contributed by atoms with van der Waals surface area (Å²) in [4.78, 5) is 50.8. The number of rotatable bonds is 14. The molecule has 7 atom stereocenters. The summed E-state index contributed by atoms with van der Waals surface area (Å²) in [6.07, 6.45) is 9.71. The number of urea groups is 1. The van der Waals surface area contributed by atoms with E-state index in [1.54, 1.807) is 21.1 Å². The highest BCUT2D eigenvalue weighted by molar-refractivity contribution is 5.92. The van der Waals surface area contributed by atoms with Gasteiger partial charge in [-0.15, -0.1) is 0 Å². The summed E-state index contributed by atoms with van der Waals surface area (Å²) in [7, 11) is 3.26. The van der Waals surface area contributed by atoms with Gasteiger partial charge in [-0.3, -0.25) is 14.4 Å². The zero-order valence-corrected chi connectivity index (χ0v) is 27.8. The Kier molecular flexibility index (Phi) is 13.9. The number of ether oxygens (including phenoxy) is 2. The van der Waals surface area contributed by atoms with Gasteiger partial charge in [-0.05, 0) is 83.5 Å². The molecular weight excluding hydrogens is 564 g/mol. The first kappa shape index (κ1) is 36.2. The second-order valence-corrected chi connectivity index (χ2v) is 14.2. The van der Waals surface area contributed by atoms with Gasteiger partial charge < -0.3 is 35.8 Å². The summed E-state index contributed by atoms with van der Waals surface area (Å²) in [6, 6.07) is -0.101. The van der Waals surface area contributed by atoms with E-state index in [1.807, 2.05) is 13.8 Å². The van der Waals surface area contributed by atoms with Crippen molar-refractivity contribution in [1.29, 1.82) is 0 Å². The van der Waals surface area contributed by atoms with Crippen LogP contribution in [-0.2, 0) is 23.9 Å². The van der Waals surface area contributed by atoms with Crippen molar-refractivity contribution in [2.75, 3.05) is 14.2 Å². The maximum Gasteiger partial charge on any atom is 0.315 e. The molecule has 3 amide bonds. The summed E-state index contributed by atoms with van der Waals surface area (Å²) >= 11 is 0. The van der Waals surface area contributed by atoms with Crippen molar-refractivity contribution < 1.29 is 33.8 Å². The minimum atomic E-state index is -0.975. The number of Topliss-reactive ketones (excluding diaryl/α,β-unsaturated/α-hetero) is 1. The van der Waals surface area contributed by atoms with Gasteiger partial charge in [0.25, 0.3) is 0 Å². The van der Waals surface area contributed by atoms with E-state index in [0.717, 1.165) is 51.4 Å². The van der Waals surface area contributed by atoms with Crippen LogP contribution in [0.2, 0.25) is 0 Å². The number of nitrogens with one attached hydrogen (secondary N) is 4. The van der Waals surface area contributed by atoms with Crippen LogP contribution in [0.3, 0.4) is 0 Å². The smallest absolute Gasteiger partial charge is 0.315 e. The van der Waals surface area contributed by atoms with Gasteiger partial charge in [0.2, 0.25) is 5.91 Å². The number of carboxylic acids is 1. The molecular formula is C33H58N4O7. The average molecular weight is 623 g/mol. The highest BCUT2D eigenvalue weighted by Gasteiger charge is 2.38. The fourth-order valence-electron chi connectivity index (χ4n) is 7.39. The normalized spacial score (nSPS) is 30.9. The largest absolute Gasteiger partial charge is 0.481 e. The van der Waals surface area contributed by atoms with E-state index in [1.165, 1.54) is 12.8 Å². The fraction of sp³-hybridized carbons (Fsp3) is 0.879. The van der Waals surface area contributed by atoms with Crippen molar-refractivity contribution in [3.05, 3.63) is 0 Å². The van der Waals surface area contributed by atoms with E-state index in [9.17, 15) is 24.3 Å². The van der Waals surface area contributed by atoms with Crippen LogP contribution in [-0.4, -0.2) is 84.9 Å². The second-order valence-electron chi connectivity index (χ2n) is 14.2. The number of hydrogen-bond donors (Lipinski definition) is 5. The first-order valence-electron chi connectivity index (χ1n) is 16.8. The molecule has 0 saturated heterocycles. The van der Waals surface area contributed by atoms with Gasteiger partial charge in [0.1, 0.15) is 0 Å². The summed E-state index contributed by atoms with van der Waals surface area (Å²) in [6.45, 7) is 7.64. The number of ketones is 1. The molecule has 0 heterocycles. The van der Waals surface area contributed by atoms with Crippen molar-refractivity contribution in [3.63, 3.8) is 0 Å². The lowest BCUT2D eigenvalue weighted by Crippen LogP contribution is -2.55. The molecule has 3 aliphatic carbocycles. The fourth-order valence-corrected chi connectivity index (χ4v) is 7.39. The second kappa shape index (κ2) is 16.9. The lowest BCUT2D eigenvalue weighted by atomic mass is 9.79.